The Morgan fingerprint density at radius 2 is 1.85 bits per heavy atom. The molecule has 0 unspecified atom stereocenters. The minimum absolute atomic E-state index is 0.0369. The van der Waals surface area contributed by atoms with Crippen molar-refractivity contribution in [3.8, 4) is 5.75 Å². The molecular formula is C16H24N2O2. The summed E-state index contributed by atoms with van der Waals surface area (Å²) < 4.78 is 5.77. The van der Waals surface area contributed by atoms with Crippen LogP contribution in [0.5, 0.6) is 5.75 Å². The zero-order valence-electron chi connectivity index (χ0n) is 12.4. The number of aryl methyl sites for hydroxylation is 2. The first kappa shape index (κ1) is 14.7. The molecule has 20 heavy (non-hydrogen) atoms. The molecular weight excluding hydrogens is 252 g/mol. The number of carbonyl (C=O) groups excluding carboxylic acids is 1. The van der Waals surface area contributed by atoms with Crippen LogP contribution in [0.1, 0.15) is 30.4 Å². The van der Waals surface area contributed by atoms with E-state index in [9.17, 15) is 4.79 Å². The van der Waals surface area contributed by atoms with Gasteiger partial charge in [0.1, 0.15) is 12.4 Å². The zero-order chi connectivity index (χ0) is 14.4. The molecule has 1 heterocycles. The molecule has 1 aromatic rings. The highest BCUT2D eigenvalue weighted by Crippen LogP contribution is 2.21. The molecule has 1 fully saturated rings. The molecule has 1 aliphatic heterocycles. The van der Waals surface area contributed by atoms with Crippen LogP contribution in [0.4, 0.5) is 4.79 Å². The Labute approximate surface area is 121 Å². The number of nitrogens with one attached hydrogen (secondary N) is 1. The van der Waals surface area contributed by atoms with Crippen molar-refractivity contribution >= 4 is 6.03 Å². The maximum Gasteiger partial charge on any atom is 0.317 e. The summed E-state index contributed by atoms with van der Waals surface area (Å²) in [6.07, 6.45) is 3.47. The van der Waals surface area contributed by atoms with Crippen LogP contribution in [-0.2, 0) is 0 Å². The van der Waals surface area contributed by atoms with E-state index in [1.807, 2.05) is 36.9 Å². The van der Waals surface area contributed by atoms with Crippen LogP contribution in [0.2, 0.25) is 0 Å². The summed E-state index contributed by atoms with van der Waals surface area (Å²) in [5.74, 6) is 0.930. The van der Waals surface area contributed by atoms with E-state index in [4.69, 9.17) is 4.74 Å². The summed E-state index contributed by atoms with van der Waals surface area (Å²) in [7, 11) is 0. The third kappa shape index (κ3) is 3.89. The minimum Gasteiger partial charge on any atom is -0.491 e. The van der Waals surface area contributed by atoms with Gasteiger partial charge in [-0.2, -0.15) is 0 Å². The lowest BCUT2D eigenvalue weighted by molar-refractivity contribution is 0.183. The number of carbonyl (C=O) groups is 1. The smallest absolute Gasteiger partial charge is 0.317 e. The predicted molar refractivity (Wildman–Crippen MR) is 80.2 cm³/mol. The molecule has 1 saturated heterocycles. The van der Waals surface area contributed by atoms with Crippen LogP contribution in [0, 0.1) is 13.8 Å². The summed E-state index contributed by atoms with van der Waals surface area (Å²) >= 11 is 0. The summed E-state index contributed by atoms with van der Waals surface area (Å²) in [6.45, 7) is 6.88. The molecule has 2 amide bonds. The van der Waals surface area contributed by atoms with E-state index in [0.29, 0.717) is 13.2 Å². The number of para-hydroxylation sites is 1. The van der Waals surface area contributed by atoms with Gasteiger partial charge >= 0.3 is 6.03 Å². The largest absolute Gasteiger partial charge is 0.491 e. The number of hydrogen-bond donors (Lipinski definition) is 1. The van der Waals surface area contributed by atoms with Gasteiger partial charge in [-0.3, -0.25) is 0 Å². The fraction of sp³-hybridized carbons (Fsp3) is 0.562. The van der Waals surface area contributed by atoms with Crippen LogP contribution in [0.25, 0.3) is 0 Å². The van der Waals surface area contributed by atoms with Gasteiger partial charge in [0.2, 0.25) is 0 Å². The Balaban J connectivity index is 1.72. The normalized spacial score (nSPS) is 15.0. The van der Waals surface area contributed by atoms with E-state index in [2.05, 4.69) is 5.32 Å². The van der Waals surface area contributed by atoms with Gasteiger partial charge < -0.3 is 15.0 Å². The van der Waals surface area contributed by atoms with E-state index in [1.54, 1.807) is 0 Å². The van der Waals surface area contributed by atoms with E-state index < -0.39 is 0 Å². The van der Waals surface area contributed by atoms with E-state index >= 15 is 0 Å². The number of nitrogens with zero attached hydrogens (tertiary/aromatic N) is 1. The lowest BCUT2D eigenvalue weighted by Gasteiger charge is -2.26. The van der Waals surface area contributed by atoms with Crippen LogP contribution < -0.4 is 10.1 Å². The van der Waals surface area contributed by atoms with Crippen molar-refractivity contribution in [2.75, 3.05) is 26.2 Å². The van der Waals surface area contributed by atoms with Crippen molar-refractivity contribution in [2.45, 2.75) is 33.1 Å². The number of urea groups is 1. The predicted octanol–water partition coefficient (Wildman–Crippen LogP) is 2.88. The highest BCUT2D eigenvalue weighted by molar-refractivity contribution is 5.74. The Morgan fingerprint density at radius 1 is 1.20 bits per heavy atom. The maximum absolute atomic E-state index is 11.9. The van der Waals surface area contributed by atoms with Crippen molar-refractivity contribution in [3.63, 3.8) is 0 Å². The van der Waals surface area contributed by atoms with Gasteiger partial charge in [-0.1, -0.05) is 18.2 Å². The maximum atomic E-state index is 11.9. The highest BCUT2D eigenvalue weighted by atomic mass is 16.5. The monoisotopic (exact) mass is 276 g/mol. The first-order valence-electron chi connectivity index (χ1n) is 7.40. The molecule has 0 bridgehead atoms. The molecule has 4 heteroatoms. The number of rotatable bonds is 4. The standard InChI is InChI=1S/C16H24N2O2/c1-13-7-6-8-14(2)15(13)20-12-9-17-16(19)18-10-4-3-5-11-18/h6-8H,3-5,9-12H2,1-2H3,(H,17,19). The number of piperidine rings is 1. The molecule has 110 valence electrons. The molecule has 4 nitrogen and oxygen atoms in total. The molecule has 0 saturated carbocycles. The van der Waals surface area contributed by atoms with E-state index in [-0.39, 0.29) is 6.03 Å². The average Bonchev–Trinajstić information content (AvgIpc) is 2.46. The molecule has 0 radical (unpaired) electrons. The summed E-state index contributed by atoms with van der Waals surface area (Å²) in [5.41, 5.74) is 2.26. The van der Waals surface area contributed by atoms with Gasteiger partial charge in [-0.25, -0.2) is 4.79 Å². The highest BCUT2D eigenvalue weighted by Gasteiger charge is 2.15. The second kappa shape index (κ2) is 7.17. The van der Waals surface area contributed by atoms with Gasteiger partial charge in [0.05, 0.1) is 6.54 Å². The van der Waals surface area contributed by atoms with Crippen molar-refractivity contribution in [3.05, 3.63) is 29.3 Å². The number of ether oxygens (including phenoxy) is 1. The number of hydrogen-bond acceptors (Lipinski definition) is 2. The fourth-order valence-corrected chi connectivity index (χ4v) is 2.55. The molecule has 1 aliphatic rings. The number of amides is 2. The van der Waals surface area contributed by atoms with Gasteiger partial charge in [0, 0.05) is 13.1 Å². The molecule has 0 aromatic heterocycles. The quantitative estimate of drug-likeness (QED) is 0.859. The van der Waals surface area contributed by atoms with Crippen molar-refractivity contribution < 1.29 is 9.53 Å². The Hall–Kier alpha value is -1.71. The Morgan fingerprint density at radius 3 is 2.50 bits per heavy atom. The number of likely N-dealkylation sites (tertiary alicyclic amines) is 1. The molecule has 0 atom stereocenters. The lowest BCUT2D eigenvalue weighted by atomic mass is 10.1. The molecule has 0 aliphatic carbocycles. The lowest BCUT2D eigenvalue weighted by Crippen LogP contribution is -2.43. The van der Waals surface area contributed by atoms with Gasteiger partial charge in [-0.15, -0.1) is 0 Å². The second-order valence-electron chi connectivity index (χ2n) is 5.35. The third-order valence-electron chi connectivity index (χ3n) is 3.68. The van der Waals surface area contributed by atoms with Crippen molar-refractivity contribution in [1.29, 1.82) is 0 Å². The first-order chi connectivity index (χ1) is 9.68. The van der Waals surface area contributed by atoms with Crippen LogP contribution >= 0.6 is 0 Å². The van der Waals surface area contributed by atoms with Gasteiger partial charge in [0.15, 0.2) is 0 Å². The third-order valence-corrected chi connectivity index (χ3v) is 3.68. The van der Waals surface area contributed by atoms with Crippen LogP contribution in [-0.4, -0.2) is 37.2 Å². The van der Waals surface area contributed by atoms with Crippen LogP contribution in [0.15, 0.2) is 18.2 Å². The van der Waals surface area contributed by atoms with E-state index in [0.717, 1.165) is 42.8 Å². The van der Waals surface area contributed by atoms with Gasteiger partial charge in [0.25, 0.3) is 0 Å². The summed E-state index contributed by atoms with van der Waals surface area (Å²) in [6, 6.07) is 6.13. The minimum atomic E-state index is 0.0369. The van der Waals surface area contributed by atoms with Gasteiger partial charge in [-0.05, 0) is 44.2 Å². The fourth-order valence-electron chi connectivity index (χ4n) is 2.55. The molecule has 1 aromatic carbocycles. The molecule has 0 spiro atoms. The summed E-state index contributed by atoms with van der Waals surface area (Å²) in [5, 5.41) is 2.92. The van der Waals surface area contributed by atoms with Crippen molar-refractivity contribution in [1.82, 2.24) is 10.2 Å². The van der Waals surface area contributed by atoms with Crippen molar-refractivity contribution in [2.24, 2.45) is 0 Å². The zero-order valence-corrected chi connectivity index (χ0v) is 12.4. The average molecular weight is 276 g/mol. The molecule has 2 rings (SSSR count). The first-order valence-corrected chi connectivity index (χ1v) is 7.40. The SMILES string of the molecule is Cc1cccc(C)c1OCCNC(=O)N1CCCCC1. The van der Waals surface area contributed by atoms with E-state index in [1.165, 1.54) is 6.42 Å². The topological polar surface area (TPSA) is 41.6 Å². The number of benzene rings is 1. The summed E-state index contributed by atoms with van der Waals surface area (Å²) in [4.78, 5) is 13.8. The second-order valence-corrected chi connectivity index (χ2v) is 5.35. The van der Waals surface area contributed by atoms with Crippen LogP contribution in [0.3, 0.4) is 0 Å². The molecule has 1 N–H and O–H groups in total. The Kier molecular flexibility index (Phi) is 5.27. The Bertz CT molecular complexity index is 434.